The van der Waals surface area contributed by atoms with Gasteiger partial charge in [-0.2, -0.15) is 4.31 Å². The smallest absolute Gasteiger partial charge is 0.335 e. The third-order valence-electron chi connectivity index (χ3n) is 3.87. The highest BCUT2D eigenvalue weighted by Crippen LogP contribution is 2.25. The number of hydrogen-bond donors (Lipinski definition) is 1. The lowest BCUT2D eigenvalue weighted by atomic mass is 10.1. The number of carboxylic acids is 1. The SMILES string of the molecule is Cc1c(C(=O)O)cccc1S(=O)(=O)N1CCN(C)CC1C. The molecular weight excluding hydrogens is 292 g/mol. The van der Waals surface area contributed by atoms with E-state index in [0.29, 0.717) is 19.6 Å². The largest absolute Gasteiger partial charge is 0.478 e. The van der Waals surface area contributed by atoms with E-state index in [0.717, 1.165) is 0 Å². The summed E-state index contributed by atoms with van der Waals surface area (Å²) in [5.41, 5.74) is 0.314. The lowest BCUT2D eigenvalue weighted by molar-refractivity contribution is 0.0696. The number of aromatic carboxylic acids is 1. The fourth-order valence-electron chi connectivity index (χ4n) is 2.73. The third-order valence-corrected chi connectivity index (χ3v) is 6.03. The second kappa shape index (κ2) is 5.75. The Morgan fingerprint density at radius 3 is 2.57 bits per heavy atom. The van der Waals surface area contributed by atoms with Gasteiger partial charge < -0.3 is 10.0 Å². The Hall–Kier alpha value is -1.44. The van der Waals surface area contributed by atoms with E-state index in [9.17, 15) is 13.2 Å². The molecule has 21 heavy (non-hydrogen) atoms. The van der Waals surface area contributed by atoms with Crippen LogP contribution in [0.15, 0.2) is 23.1 Å². The zero-order chi connectivity index (χ0) is 15.8. The summed E-state index contributed by atoms with van der Waals surface area (Å²) in [4.78, 5) is 13.3. The van der Waals surface area contributed by atoms with Crippen molar-refractivity contribution in [2.24, 2.45) is 0 Å². The number of likely N-dealkylation sites (N-methyl/N-ethyl adjacent to an activating group) is 1. The quantitative estimate of drug-likeness (QED) is 0.901. The average Bonchev–Trinajstić information content (AvgIpc) is 2.37. The maximum Gasteiger partial charge on any atom is 0.335 e. The molecule has 1 atom stereocenters. The van der Waals surface area contributed by atoms with Crippen LogP contribution in [0, 0.1) is 6.92 Å². The summed E-state index contributed by atoms with van der Waals surface area (Å²) in [5, 5.41) is 9.14. The van der Waals surface area contributed by atoms with Gasteiger partial charge in [0.1, 0.15) is 0 Å². The molecule has 1 aromatic rings. The minimum atomic E-state index is -3.68. The van der Waals surface area contributed by atoms with Crippen LogP contribution in [0.1, 0.15) is 22.8 Å². The van der Waals surface area contributed by atoms with Gasteiger partial charge in [-0.15, -0.1) is 0 Å². The van der Waals surface area contributed by atoms with Crippen LogP contribution in [0.25, 0.3) is 0 Å². The van der Waals surface area contributed by atoms with E-state index >= 15 is 0 Å². The number of rotatable bonds is 3. The van der Waals surface area contributed by atoms with Crippen LogP contribution < -0.4 is 0 Å². The minimum absolute atomic E-state index is 0.0258. The highest BCUT2D eigenvalue weighted by Gasteiger charge is 2.34. The molecule has 116 valence electrons. The minimum Gasteiger partial charge on any atom is -0.478 e. The van der Waals surface area contributed by atoms with Gasteiger partial charge in [0.25, 0.3) is 0 Å². The van der Waals surface area contributed by atoms with Crippen LogP contribution in [0.5, 0.6) is 0 Å². The van der Waals surface area contributed by atoms with Crippen LogP contribution in [-0.4, -0.2) is 61.4 Å². The molecule has 0 aromatic heterocycles. The van der Waals surface area contributed by atoms with Gasteiger partial charge >= 0.3 is 5.97 Å². The van der Waals surface area contributed by atoms with Crippen molar-refractivity contribution in [1.29, 1.82) is 0 Å². The predicted octanol–water partition coefficient (Wildman–Crippen LogP) is 1.02. The molecule has 1 saturated heterocycles. The summed E-state index contributed by atoms with van der Waals surface area (Å²) in [6, 6.07) is 4.23. The molecule has 0 amide bonds. The van der Waals surface area contributed by atoms with Crippen LogP contribution in [0.3, 0.4) is 0 Å². The van der Waals surface area contributed by atoms with Gasteiger partial charge in [-0.05, 0) is 38.6 Å². The molecule has 1 fully saturated rings. The first-order valence-electron chi connectivity index (χ1n) is 6.78. The molecular formula is C14H20N2O4S. The third kappa shape index (κ3) is 2.95. The lowest BCUT2D eigenvalue weighted by Gasteiger charge is -2.37. The Kier molecular flexibility index (Phi) is 4.36. The Labute approximate surface area is 125 Å². The van der Waals surface area contributed by atoms with Crippen LogP contribution in [0.2, 0.25) is 0 Å². The summed E-state index contributed by atoms with van der Waals surface area (Å²) in [5.74, 6) is -1.11. The summed E-state index contributed by atoms with van der Waals surface area (Å²) in [6.45, 7) is 5.15. The number of nitrogens with zero attached hydrogens (tertiary/aromatic N) is 2. The highest BCUT2D eigenvalue weighted by atomic mass is 32.2. The van der Waals surface area contributed by atoms with Crippen LogP contribution >= 0.6 is 0 Å². The summed E-state index contributed by atoms with van der Waals surface area (Å²) in [7, 11) is -1.72. The standard InChI is InChI=1S/C14H20N2O4S/c1-10-9-15(3)7-8-16(10)21(19,20)13-6-4-5-12(11(13)2)14(17)18/h4-6,10H,7-9H2,1-3H3,(H,17,18). The lowest BCUT2D eigenvalue weighted by Crippen LogP contribution is -2.52. The molecule has 1 N–H and O–H groups in total. The van der Waals surface area contributed by atoms with E-state index in [1.165, 1.54) is 29.4 Å². The van der Waals surface area contributed by atoms with Gasteiger partial charge in [-0.1, -0.05) is 6.07 Å². The summed E-state index contributed by atoms with van der Waals surface area (Å²) >= 11 is 0. The average molecular weight is 312 g/mol. The van der Waals surface area contributed by atoms with Crippen LogP contribution in [-0.2, 0) is 10.0 Å². The first-order chi connectivity index (χ1) is 9.75. The fourth-order valence-corrected chi connectivity index (χ4v) is 4.59. The first kappa shape index (κ1) is 15.9. The van der Waals surface area contributed by atoms with Gasteiger partial charge in [0.05, 0.1) is 10.5 Å². The van der Waals surface area contributed by atoms with Crippen molar-refractivity contribution in [1.82, 2.24) is 9.21 Å². The zero-order valence-corrected chi connectivity index (χ0v) is 13.2. The molecule has 1 aliphatic heterocycles. The van der Waals surface area contributed by atoms with Crippen molar-refractivity contribution in [2.45, 2.75) is 24.8 Å². The van der Waals surface area contributed by atoms with E-state index in [4.69, 9.17) is 5.11 Å². The van der Waals surface area contributed by atoms with Gasteiger partial charge in [0.2, 0.25) is 10.0 Å². The van der Waals surface area contributed by atoms with Gasteiger partial charge in [-0.25, -0.2) is 13.2 Å². The molecule has 0 aliphatic carbocycles. The number of sulfonamides is 1. The molecule has 1 unspecified atom stereocenters. The molecule has 1 heterocycles. The number of piperazine rings is 1. The zero-order valence-electron chi connectivity index (χ0n) is 12.4. The number of carboxylic acid groups (broad SMARTS) is 1. The topological polar surface area (TPSA) is 77.9 Å². The second-order valence-corrected chi connectivity index (χ2v) is 7.32. The molecule has 1 aromatic carbocycles. The summed E-state index contributed by atoms with van der Waals surface area (Å²) < 4.78 is 27.1. The van der Waals surface area contributed by atoms with Crippen molar-refractivity contribution in [3.63, 3.8) is 0 Å². The molecule has 6 nitrogen and oxygen atoms in total. The molecule has 0 spiro atoms. The molecule has 0 saturated carbocycles. The molecule has 0 radical (unpaired) electrons. The fraction of sp³-hybridized carbons (Fsp3) is 0.500. The van der Waals surface area contributed by atoms with E-state index in [1.54, 1.807) is 0 Å². The van der Waals surface area contributed by atoms with E-state index in [-0.39, 0.29) is 22.1 Å². The monoisotopic (exact) mass is 312 g/mol. The van der Waals surface area contributed by atoms with E-state index in [1.807, 2.05) is 14.0 Å². The Morgan fingerprint density at radius 2 is 2.00 bits per heavy atom. The number of benzene rings is 1. The molecule has 2 rings (SSSR count). The van der Waals surface area contributed by atoms with Crippen molar-refractivity contribution in [3.05, 3.63) is 29.3 Å². The number of hydrogen-bond acceptors (Lipinski definition) is 4. The first-order valence-corrected chi connectivity index (χ1v) is 8.22. The van der Waals surface area contributed by atoms with Gasteiger partial charge in [-0.3, -0.25) is 0 Å². The van der Waals surface area contributed by atoms with Gasteiger partial charge in [0, 0.05) is 25.7 Å². The van der Waals surface area contributed by atoms with Crippen molar-refractivity contribution < 1.29 is 18.3 Å². The van der Waals surface area contributed by atoms with E-state index < -0.39 is 16.0 Å². The van der Waals surface area contributed by atoms with E-state index in [2.05, 4.69) is 4.90 Å². The number of carbonyl (C=O) groups is 1. The molecule has 0 bridgehead atoms. The molecule has 1 aliphatic rings. The highest BCUT2D eigenvalue weighted by molar-refractivity contribution is 7.89. The van der Waals surface area contributed by atoms with Crippen molar-refractivity contribution >= 4 is 16.0 Å². The normalized spacial score (nSPS) is 21.4. The van der Waals surface area contributed by atoms with Gasteiger partial charge in [0.15, 0.2) is 0 Å². The maximum absolute atomic E-state index is 12.8. The van der Waals surface area contributed by atoms with Crippen molar-refractivity contribution in [3.8, 4) is 0 Å². The molecule has 7 heteroatoms. The predicted molar refractivity (Wildman–Crippen MR) is 79.0 cm³/mol. The maximum atomic E-state index is 12.8. The van der Waals surface area contributed by atoms with Crippen molar-refractivity contribution in [2.75, 3.05) is 26.7 Å². The second-order valence-electron chi connectivity index (χ2n) is 5.46. The Morgan fingerprint density at radius 1 is 1.33 bits per heavy atom. The van der Waals surface area contributed by atoms with Crippen LogP contribution in [0.4, 0.5) is 0 Å². The summed E-state index contributed by atoms with van der Waals surface area (Å²) in [6.07, 6.45) is 0. The Balaban J connectivity index is 2.45. The Bertz CT molecular complexity index is 657.